The molecule has 0 spiro atoms. The van der Waals surface area contributed by atoms with Crippen LogP contribution in [0, 0.1) is 0 Å². The number of halogens is 3. The quantitative estimate of drug-likeness (QED) is 0.513. The van der Waals surface area contributed by atoms with E-state index in [2.05, 4.69) is 0 Å². The van der Waals surface area contributed by atoms with E-state index in [1.165, 1.54) is 0 Å². The Morgan fingerprint density at radius 2 is 1.90 bits per heavy atom. The highest BCUT2D eigenvalue weighted by Crippen LogP contribution is 2.33. The monoisotopic (exact) mass is 202 g/mol. The van der Waals surface area contributed by atoms with E-state index in [1.807, 2.05) is 0 Å². The highest BCUT2D eigenvalue weighted by atomic mass is 35.6. The van der Waals surface area contributed by atoms with Crippen LogP contribution in [0.1, 0.15) is 13.8 Å². The van der Waals surface area contributed by atoms with Crippen LogP contribution in [-0.4, -0.2) is 15.0 Å². The van der Waals surface area contributed by atoms with Crippen molar-refractivity contribution in [2.24, 2.45) is 0 Å². The molecule has 0 radical (unpaired) electrons. The van der Waals surface area contributed by atoms with Crippen molar-refractivity contribution in [1.82, 2.24) is 0 Å². The summed E-state index contributed by atoms with van der Waals surface area (Å²) in [5, 5.41) is 9.19. The fraction of sp³-hybridized carbons (Fsp3) is 0.667. The van der Waals surface area contributed by atoms with Crippen LogP contribution in [0.2, 0.25) is 0 Å². The summed E-state index contributed by atoms with van der Waals surface area (Å²) in [6, 6.07) is 0. The SMILES string of the molecule is CC=C(C)C(O)C(Cl)(Cl)Cl. The fourth-order valence-corrected chi connectivity index (χ4v) is 0.932. The van der Waals surface area contributed by atoms with E-state index in [9.17, 15) is 5.11 Å². The Morgan fingerprint density at radius 1 is 1.50 bits per heavy atom. The lowest BCUT2D eigenvalue weighted by Gasteiger charge is -2.18. The summed E-state index contributed by atoms with van der Waals surface area (Å²) in [6.45, 7) is 3.47. The standard InChI is InChI=1S/C6H9Cl3O/c1-3-4(2)5(10)6(7,8)9/h3,5,10H,1-2H3. The number of allylic oxidation sites excluding steroid dienone is 1. The Hall–Kier alpha value is 0.570. The van der Waals surface area contributed by atoms with Gasteiger partial charge in [-0.05, 0) is 19.4 Å². The van der Waals surface area contributed by atoms with Crippen molar-refractivity contribution in [2.45, 2.75) is 23.7 Å². The van der Waals surface area contributed by atoms with E-state index in [1.54, 1.807) is 19.9 Å². The van der Waals surface area contributed by atoms with Gasteiger partial charge in [0.15, 0.2) is 0 Å². The molecule has 0 saturated heterocycles. The van der Waals surface area contributed by atoms with E-state index in [4.69, 9.17) is 34.8 Å². The van der Waals surface area contributed by atoms with Crippen LogP contribution in [0.3, 0.4) is 0 Å². The summed E-state index contributed by atoms with van der Waals surface area (Å²) in [5.74, 6) is 0. The van der Waals surface area contributed by atoms with Gasteiger partial charge in [0.1, 0.15) is 6.10 Å². The Kier molecular flexibility index (Phi) is 4.03. The third-order valence-electron chi connectivity index (χ3n) is 1.20. The molecule has 0 fully saturated rings. The second-order valence-electron chi connectivity index (χ2n) is 1.98. The van der Waals surface area contributed by atoms with E-state index in [0.29, 0.717) is 5.57 Å². The average Bonchev–Trinajstić information content (AvgIpc) is 1.83. The van der Waals surface area contributed by atoms with E-state index in [0.717, 1.165) is 0 Å². The van der Waals surface area contributed by atoms with Crippen molar-refractivity contribution in [1.29, 1.82) is 0 Å². The van der Waals surface area contributed by atoms with Crippen molar-refractivity contribution in [3.63, 3.8) is 0 Å². The van der Waals surface area contributed by atoms with Crippen LogP contribution in [0.25, 0.3) is 0 Å². The van der Waals surface area contributed by atoms with Crippen molar-refractivity contribution in [3.05, 3.63) is 11.6 Å². The van der Waals surface area contributed by atoms with Gasteiger partial charge in [0.2, 0.25) is 3.79 Å². The molecule has 0 aliphatic heterocycles. The zero-order chi connectivity index (χ0) is 8.36. The van der Waals surface area contributed by atoms with Crippen LogP contribution in [0.15, 0.2) is 11.6 Å². The molecule has 0 heterocycles. The molecule has 0 rings (SSSR count). The van der Waals surface area contributed by atoms with E-state index >= 15 is 0 Å². The Balaban J connectivity index is 4.23. The molecule has 0 aromatic rings. The van der Waals surface area contributed by atoms with Gasteiger partial charge in [-0.25, -0.2) is 0 Å². The first kappa shape index (κ1) is 10.6. The summed E-state index contributed by atoms with van der Waals surface area (Å²) < 4.78 is -1.61. The third kappa shape index (κ3) is 3.11. The molecule has 0 amide bonds. The molecule has 1 N–H and O–H groups in total. The lowest BCUT2D eigenvalue weighted by Crippen LogP contribution is -2.25. The van der Waals surface area contributed by atoms with Crippen LogP contribution in [0.4, 0.5) is 0 Å². The molecule has 0 aromatic carbocycles. The molecule has 0 aliphatic rings. The first-order valence-electron chi connectivity index (χ1n) is 2.77. The second kappa shape index (κ2) is 3.82. The van der Waals surface area contributed by atoms with Gasteiger partial charge < -0.3 is 5.11 Å². The Morgan fingerprint density at radius 3 is 2.00 bits per heavy atom. The lowest BCUT2D eigenvalue weighted by atomic mass is 10.2. The van der Waals surface area contributed by atoms with Crippen LogP contribution in [-0.2, 0) is 0 Å². The molecule has 4 heteroatoms. The minimum absolute atomic E-state index is 0.653. The van der Waals surface area contributed by atoms with Crippen molar-refractivity contribution < 1.29 is 5.11 Å². The molecule has 1 nitrogen and oxygen atoms in total. The normalized spacial score (nSPS) is 17.2. The third-order valence-corrected chi connectivity index (χ3v) is 1.82. The second-order valence-corrected chi connectivity index (χ2v) is 4.35. The van der Waals surface area contributed by atoms with Gasteiger partial charge in [-0.15, -0.1) is 0 Å². The van der Waals surface area contributed by atoms with Gasteiger partial charge in [-0.1, -0.05) is 40.9 Å². The van der Waals surface area contributed by atoms with Gasteiger partial charge in [-0.2, -0.15) is 0 Å². The molecular formula is C6H9Cl3O. The summed E-state index contributed by atoms with van der Waals surface area (Å²) in [6.07, 6.45) is 0.689. The zero-order valence-corrected chi connectivity index (χ0v) is 8.00. The smallest absolute Gasteiger partial charge is 0.219 e. The molecule has 0 aromatic heterocycles. The maximum Gasteiger partial charge on any atom is 0.219 e. The highest BCUT2D eigenvalue weighted by Gasteiger charge is 2.31. The number of hydrogen-bond acceptors (Lipinski definition) is 1. The van der Waals surface area contributed by atoms with Crippen LogP contribution < -0.4 is 0 Å². The summed E-state index contributed by atoms with van der Waals surface area (Å²) in [5.41, 5.74) is 0.653. The average molecular weight is 203 g/mol. The summed E-state index contributed by atoms with van der Waals surface area (Å²) >= 11 is 16.2. The lowest BCUT2D eigenvalue weighted by molar-refractivity contribution is 0.215. The van der Waals surface area contributed by atoms with Gasteiger partial charge in [-0.3, -0.25) is 0 Å². The van der Waals surface area contributed by atoms with Gasteiger partial charge >= 0.3 is 0 Å². The van der Waals surface area contributed by atoms with Crippen molar-refractivity contribution >= 4 is 34.8 Å². The molecule has 1 atom stereocenters. The fourth-order valence-electron chi connectivity index (χ4n) is 0.416. The predicted molar refractivity (Wildman–Crippen MR) is 45.7 cm³/mol. The topological polar surface area (TPSA) is 20.2 Å². The first-order chi connectivity index (χ1) is 4.39. The molecular weight excluding hydrogens is 194 g/mol. The van der Waals surface area contributed by atoms with Gasteiger partial charge in [0, 0.05) is 0 Å². The highest BCUT2D eigenvalue weighted by molar-refractivity contribution is 6.68. The molecule has 10 heavy (non-hydrogen) atoms. The molecule has 0 aliphatic carbocycles. The van der Waals surface area contributed by atoms with Gasteiger partial charge in [0.25, 0.3) is 0 Å². The van der Waals surface area contributed by atoms with Crippen molar-refractivity contribution in [2.75, 3.05) is 0 Å². The number of alkyl halides is 3. The van der Waals surface area contributed by atoms with Crippen molar-refractivity contribution in [3.8, 4) is 0 Å². The minimum Gasteiger partial charge on any atom is -0.384 e. The number of hydrogen-bond donors (Lipinski definition) is 1. The molecule has 1 unspecified atom stereocenters. The zero-order valence-electron chi connectivity index (χ0n) is 5.74. The minimum atomic E-state index is -1.61. The summed E-state index contributed by atoms with van der Waals surface area (Å²) in [7, 11) is 0. The Labute approximate surface area is 75.6 Å². The number of aliphatic hydroxyl groups excluding tert-OH is 1. The van der Waals surface area contributed by atoms with E-state index < -0.39 is 9.90 Å². The molecule has 0 saturated carbocycles. The van der Waals surface area contributed by atoms with E-state index in [-0.39, 0.29) is 0 Å². The van der Waals surface area contributed by atoms with Crippen LogP contribution in [0.5, 0.6) is 0 Å². The first-order valence-corrected chi connectivity index (χ1v) is 3.90. The number of aliphatic hydroxyl groups is 1. The Bertz CT molecular complexity index is 136. The molecule has 0 bridgehead atoms. The maximum absolute atomic E-state index is 9.19. The summed E-state index contributed by atoms with van der Waals surface area (Å²) in [4.78, 5) is 0. The molecule has 60 valence electrons. The predicted octanol–water partition coefficient (Wildman–Crippen LogP) is 2.68. The largest absolute Gasteiger partial charge is 0.384 e. The van der Waals surface area contributed by atoms with Crippen LogP contribution >= 0.6 is 34.8 Å². The maximum atomic E-state index is 9.19. The van der Waals surface area contributed by atoms with Gasteiger partial charge in [0.05, 0.1) is 0 Å². The number of rotatable bonds is 1.